The molecule has 2 atom stereocenters. The SMILES string of the molecule is CCc1ncc(C2CCC(N3CCN(c4ccc(C(=O)NC)nc4C)CC3)C2)[nH]c1=O. The maximum absolute atomic E-state index is 12.1. The third kappa shape index (κ3) is 4.49. The largest absolute Gasteiger partial charge is 0.368 e. The van der Waals surface area contributed by atoms with Gasteiger partial charge in [-0.25, -0.2) is 4.98 Å². The quantitative estimate of drug-likeness (QED) is 0.761. The van der Waals surface area contributed by atoms with Crippen molar-refractivity contribution in [3.05, 3.63) is 51.5 Å². The van der Waals surface area contributed by atoms with E-state index in [1.165, 1.54) is 0 Å². The van der Waals surface area contributed by atoms with Gasteiger partial charge in [-0.3, -0.25) is 19.5 Å². The fraction of sp³-hybridized carbons (Fsp3) is 0.565. The van der Waals surface area contributed by atoms with Crippen LogP contribution in [0.4, 0.5) is 5.69 Å². The molecule has 8 heteroatoms. The second-order valence-corrected chi connectivity index (χ2v) is 8.53. The van der Waals surface area contributed by atoms with Crippen LogP contribution in [0.3, 0.4) is 0 Å². The number of anilines is 1. The fourth-order valence-corrected chi connectivity index (χ4v) is 4.94. The summed E-state index contributed by atoms with van der Waals surface area (Å²) in [5, 5.41) is 2.62. The first-order chi connectivity index (χ1) is 15.0. The molecule has 1 saturated heterocycles. The molecular weight excluding hydrogens is 392 g/mol. The highest BCUT2D eigenvalue weighted by molar-refractivity contribution is 5.92. The number of hydrogen-bond donors (Lipinski definition) is 2. The number of carbonyl (C=O) groups excluding carboxylic acids is 1. The number of rotatable bonds is 5. The topological polar surface area (TPSA) is 94.2 Å². The molecule has 4 rings (SSSR count). The van der Waals surface area contributed by atoms with Crippen LogP contribution in [0.2, 0.25) is 0 Å². The molecule has 2 aromatic rings. The van der Waals surface area contributed by atoms with E-state index < -0.39 is 0 Å². The Bertz CT molecular complexity index is 996. The Kier molecular flexibility index (Phi) is 6.36. The predicted molar refractivity (Wildman–Crippen MR) is 121 cm³/mol. The molecule has 2 fully saturated rings. The monoisotopic (exact) mass is 424 g/mol. The number of piperazine rings is 1. The van der Waals surface area contributed by atoms with E-state index in [2.05, 4.69) is 30.1 Å². The highest BCUT2D eigenvalue weighted by atomic mass is 16.1. The summed E-state index contributed by atoms with van der Waals surface area (Å²) < 4.78 is 0. The van der Waals surface area contributed by atoms with Crippen LogP contribution < -0.4 is 15.8 Å². The summed E-state index contributed by atoms with van der Waals surface area (Å²) >= 11 is 0. The Morgan fingerprint density at radius 3 is 2.65 bits per heavy atom. The van der Waals surface area contributed by atoms with E-state index in [9.17, 15) is 9.59 Å². The third-order valence-corrected chi connectivity index (χ3v) is 6.75. The Labute approximate surface area is 183 Å². The van der Waals surface area contributed by atoms with Gasteiger partial charge in [-0.05, 0) is 44.7 Å². The standard InChI is InChI=1S/C23H32N6O2/c1-4-18-23(31)27-20(14-25-18)16-5-6-17(13-16)28-9-11-29(12-10-28)21-8-7-19(22(30)24-3)26-15(21)2/h7-8,14,16-17H,4-6,9-13H2,1-3H3,(H,24,30)(H,27,31). The first-order valence-electron chi connectivity index (χ1n) is 11.3. The Hall–Kier alpha value is -2.74. The van der Waals surface area contributed by atoms with Gasteiger partial charge in [0.05, 0.1) is 11.4 Å². The van der Waals surface area contributed by atoms with E-state index >= 15 is 0 Å². The lowest BCUT2D eigenvalue weighted by molar-refractivity contribution is 0.0958. The molecule has 2 aromatic heterocycles. The van der Waals surface area contributed by atoms with Crippen molar-refractivity contribution >= 4 is 11.6 Å². The zero-order valence-corrected chi connectivity index (χ0v) is 18.6. The van der Waals surface area contributed by atoms with E-state index in [1.54, 1.807) is 13.1 Å². The van der Waals surface area contributed by atoms with E-state index in [4.69, 9.17) is 0 Å². The molecule has 1 saturated carbocycles. The maximum atomic E-state index is 12.1. The van der Waals surface area contributed by atoms with E-state index in [0.29, 0.717) is 29.8 Å². The summed E-state index contributed by atoms with van der Waals surface area (Å²) in [5.41, 5.74) is 4.02. The molecule has 2 N–H and O–H groups in total. The number of pyridine rings is 1. The van der Waals surface area contributed by atoms with Crippen molar-refractivity contribution in [1.29, 1.82) is 0 Å². The van der Waals surface area contributed by atoms with Gasteiger partial charge in [0.25, 0.3) is 11.5 Å². The Balaban J connectivity index is 1.35. The minimum Gasteiger partial charge on any atom is -0.368 e. The van der Waals surface area contributed by atoms with Crippen LogP contribution in [0.15, 0.2) is 23.1 Å². The van der Waals surface area contributed by atoms with Crippen molar-refractivity contribution in [2.75, 3.05) is 38.1 Å². The molecule has 0 bridgehead atoms. The number of amides is 1. The van der Waals surface area contributed by atoms with E-state index in [0.717, 1.165) is 62.5 Å². The second-order valence-electron chi connectivity index (χ2n) is 8.53. The van der Waals surface area contributed by atoms with Gasteiger partial charge in [-0.1, -0.05) is 6.92 Å². The molecule has 166 valence electrons. The molecule has 2 aliphatic rings. The minimum absolute atomic E-state index is 0.0384. The maximum Gasteiger partial charge on any atom is 0.269 e. The van der Waals surface area contributed by atoms with Crippen molar-refractivity contribution < 1.29 is 4.79 Å². The number of carbonyl (C=O) groups is 1. The smallest absolute Gasteiger partial charge is 0.269 e. The van der Waals surface area contributed by atoms with Gasteiger partial charge in [0.2, 0.25) is 0 Å². The summed E-state index contributed by atoms with van der Waals surface area (Å²) in [7, 11) is 1.62. The summed E-state index contributed by atoms with van der Waals surface area (Å²) in [6.45, 7) is 7.85. The highest BCUT2D eigenvalue weighted by Gasteiger charge is 2.32. The zero-order valence-electron chi connectivity index (χ0n) is 18.6. The highest BCUT2D eigenvalue weighted by Crippen LogP contribution is 2.36. The Morgan fingerprint density at radius 1 is 1.23 bits per heavy atom. The lowest BCUT2D eigenvalue weighted by Crippen LogP contribution is -2.50. The van der Waals surface area contributed by atoms with Gasteiger partial charge in [0.1, 0.15) is 11.4 Å². The van der Waals surface area contributed by atoms with Crippen molar-refractivity contribution in [3.8, 4) is 0 Å². The van der Waals surface area contributed by atoms with Gasteiger partial charge in [0.15, 0.2) is 0 Å². The lowest BCUT2D eigenvalue weighted by atomic mass is 10.0. The summed E-state index contributed by atoms with van der Waals surface area (Å²) in [5.74, 6) is 0.231. The molecule has 1 aliphatic heterocycles. The van der Waals surface area contributed by atoms with Crippen molar-refractivity contribution in [1.82, 2.24) is 25.2 Å². The molecule has 3 heterocycles. The van der Waals surface area contributed by atoms with Crippen LogP contribution >= 0.6 is 0 Å². The molecule has 0 spiro atoms. The normalized spacial score (nSPS) is 22.0. The number of aromatic nitrogens is 3. The minimum atomic E-state index is -0.156. The van der Waals surface area contributed by atoms with Crippen LogP contribution in [-0.2, 0) is 6.42 Å². The number of H-pyrrole nitrogens is 1. The van der Waals surface area contributed by atoms with Gasteiger partial charge < -0.3 is 15.2 Å². The molecule has 2 unspecified atom stereocenters. The molecule has 1 amide bonds. The van der Waals surface area contributed by atoms with Gasteiger partial charge >= 0.3 is 0 Å². The second kappa shape index (κ2) is 9.18. The molecule has 8 nitrogen and oxygen atoms in total. The average Bonchev–Trinajstić information content (AvgIpc) is 3.29. The molecular formula is C23H32N6O2. The molecule has 0 aromatic carbocycles. The number of nitrogens with zero attached hydrogens (tertiary/aromatic N) is 4. The van der Waals surface area contributed by atoms with E-state index in [1.807, 2.05) is 26.1 Å². The summed E-state index contributed by atoms with van der Waals surface area (Å²) in [6, 6.07) is 4.36. The first kappa shape index (κ1) is 21.5. The molecule has 1 aliphatic carbocycles. The van der Waals surface area contributed by atoms with Crippen LogP contribution in [0.25, 0.3) is 0 Å². The van der Waals surface area contributed by atoms with E-state index in [-0.39, 0.29) is 11.5 Å². The van der Waals surface area contributed by atoms with Gasteiger partial charge in [-0.2, -0.15) is 0 Å². The predicted octanol–water partition coefficient (Wildman–Crippen LogP) is 1.85. The number of aryl methyl sites for hydroxylation is 2. The van der Waals surface area contributed by atoms with Gasteiger partial charge in [-0.15, -0.1) is 0 Å². The number of hydrogen-bond acceptors (Lipinski definition) is 6. The van der Waals surface area contributed by atoms with Crippen LogP contribution in [0, 0.1) is 6.92 Å². The molecule has 0 radical (unpaired) electrons. The van der Waals surface area contributed by atoms with Crippen molar-refractivity contribution in [3.63, 3.8) is 0 Å². The van der Waals surface area contributed by atoms with Gasteiger partial charge in [0, 0.05) is 57.1 Å². The van der Waals surface area contributed by atoms with Crippen LogP contribution in [0.5, 0.6) is 0 Å². The number of aromatic amines is 1. The first-order valence-corrected chi connectivity index (χ1v) is 11.3. The summed E-state index contributed by atoms with van der Waals surface area (Å²) in [6.07, 6.45) is 5.85. The average molecular weight is 425 g/mol. The molecule has 31 heavy (non-hydrogen) atoms. The lowest BCUT2D eigenvalue weighted by Gasteiger charge is -2.39. The fourth-order valence-electron chi connectivity index (χ4n) is 4.94. The van der Waals surface area contributed by atoms with Crippen LogP contribution in [-0.4, -0.2) is 65.0 Å². The zero-order chi connectivity index (χ0) is 22.0. The third-order valence-electron chi connectivity index (χ3n) is 6.75. The number of nitrogens with one attached hydrogen (secondary N) is 2. The Morgan fingerprint density at radius 2 is 2.00 bits per heavy atom. The van der Waals surface area contributed by atoms with Crippen LogP contribution in [0.1, 0.15) is 59.7 Å². The van der Waals surface area contributed by atoms with Crippen molar-refractivity contribution in [2.45, 2.75) is 51.5 Å². The van der Waals surface area contributed by atoms with Crippen molar-refractivity contribution in [2.24, 2.45) is 0 Å². The summed E-state index contributed by atoms with van der Waals surface area (Å²) in [4.78, 5) is 40.8.